The molecule has 0 atom stereocenters. The number of nitrogens with one attached hydrogen (secondary N) is 2. The predicted molar refractivity (Wildman–Crippen MR) is 333 cm³/mol. The van der Waals surface area contributed by atoms with Crippen LogP contribution in [-0.2, 0) is 32.5 Å². The van der Waals surface area contributed by atoms with E-state index in [-0.39, 0.29) is 37.2 Å². The first kappa shape index (κ1) is 79.6. The Balaban J connectivity index is -0.00000105. The molecule has 0 aliphatic heterocycles. The second kappa shape index (κ2) is 59.0. The zero-order chi connectivity index (χ0) is 53.8. The molecule has 0 unspecified atom stereocenters. The van der Waals surface area contributed by atoms with Crippen molar-refractivity contribution in [3.63, 3.8) is 0 Å². The second-order valence-corrected chi connectivity index (χ2v) is 24.6. The number of aryl methyl sites for hydroxylation is 2. The van der Waals surface area contributed by atoms with E-state index < -0.39 is 0 Å². The molecule has 450 valence electrons. The highest BCUT2D eigenvalue weighted by molar-refractivity contribution is 5.23. The van der Waals surface area contributed by atoms with Crippen molar-refractivity contribution in [1.29, 1.82) is 0 Å². The van der Waals surface area contributed by atoms with Crippen molar-refractivity contribution in [2.75, 3.05) is 48.8 Å². The van der Waals surface area contributed by atoms with Crippen molar-refractivity contribution in [3.8, 4) is 0 Å². The summed E-state index contributed by atoms with van der Waals surface area (Å²) < 4.78 is 1.11. The minimum Gasteiger partial charge on any atom is -1.00 e. The summed E-state index contributed by atoms with van der Waals surface area (Å²) in [5.41, 5.74) is 7.44. The van der Waals surface area contributed by atoms with Gasteiger partial charge in [-0.15, -0.1) is 0 Å². The van der Waals surface area contributed by atoms with E-state index in [1.807, 2.05) is 0 Å². The Labute approximate surface area is 501 Å². The van der Waals surface area contributed by atoms with E-state index in [9.17, 15) is 0 Å². The molecule has 3 nitrogen and oxygen atoms in total. The van der Waals surface area contributed by atoms with E-state index in [1.165, 1.54) is 301 Å². The smallest absolute Gasteiger partial charge is 0.104 e. The average Bonchev–Trinajstić information content (AvgIpc) is 3.38. The predicted octanol–water partition coefficient (Wildman–Crippen LogP) is 9.91. The molecular weight excluding hydrogens is 1000 g/mol. The lowest BCUT2D eigenvalue weighted by Gasteiger charge is -2.30. The van der Waals surface area contributed by atoms with Crippen LogP contribution in [0.5, 0.6) is 0 Å². The van der Waals surface area contributed by atoms with Crippen molar-refractivity contribution in [2.45, 2.75) is 297 Å². The van der Waals surface area contributed by atoms with Gasteiger partial charge in [-0.05, 0) is 49.7 Å². The molecule has 0 amide bonds. The van der Waals surface area contributed by atoms with Gasteiger partial charge >= 0.3 is 0 Å². The van der Waals surface area contributed by atoms with Gasteiger partial charge in [-0.2, -0.15) is 0 Å². The maximum atomic E-state index is 2.41. The van der Waals surface area contributed by atoms with Gasteiger partial charge in [0.1, 0.15) is 19.6 Å². The zero-order valence-electron chi connectivity index (χ0n) is 52.7. The van der Waals surface area contributed by atoms with Gasteiger partial charge in [0, 0.05) is 16.7 Å². The molecule has 3 aromatic rings. The highest BCUT2D eigenvalue weighted by atomic mass is 35.5. The van der Waals surface area contributed by atoms with Gasteiger partial charge in [-0.1, -0.05) is 318 Å². The fraction of sp³-hybridized carbons (Fsp3) is 0.746. The number of hydrogen-bond donors (Lipinski definition) is 2. The molecule has 0 aliphatic carbocycles. The Bertz CT molecular complexity index is 1580. The fourth-order valence-electron chi connectivity index (χ4n) is 10.8. The Morgan fingerprint density at radius 1 is 0.286 bits per heavy atom. The largest absolute Gasteiger partial charge is 1.00 e. The lowest BCUT2D eigenvalue weighted by atomic mass is 10.0. The van der Waals surface area contributed by atoms with E-state index in [0.29, 0.717) is 0 Å². The molecule has 0 spiro atoms. The third-order valence-electron chi connectivity index (χ3n) is 15.3. The van der Waals surface area contributed by atoms with E-state index in [1.54, 1.807) is 0 Å². The molecule has 0 aliphatic rings. The topological polar surface area (TPSA) is 8.88 Å². The van der Waals surface area contributed by atoms with E-state index in [2.05, 4.69) is 142 Å². The molecule has 0 bridgehead atoms. The van der Waals surface area contributed by atoms with Gasteiger partial charge in [-0.25, -0.2) is 0 Å². The Kier molecular flexibility index (Phi) is 61.1. The lowest BCUT2D eigenvalue weighted by molar-refractivity contribution is -0.903. The van der Waals surface area contributed by atoms with Crippen molar-refractivity contribution in [1.82, 2.24) is 0 Å². The van der Waals surface area contributed by atoms with Gasteiger partial charge < -0.3 is 51.5 Å². The van der Waals surface area contributed by atoms with Crippen LogP contribution in [0.4, 0.5) is 0 Å². The van der Waals surface area contributed by atoms with Gasteiger partial charge in [0.25, 0.3) is 0 Å². The summed E-state index contributed by atoms with van der Waals surface area (Å²) in [5, 5.41) is 0. The number of benzene rings is 3. The standard InChI is InChI=1S/C27H49N.C23H41N.C21H38N.3ClH/c1-4-5-6-7-8-9-10-11-12-13-14-15-16-17-18-19-20-26-21-23-27(24-22-26)25-28(2)3;1-4-5-6-7-8-9-10-11-12-13-14-15-17-22-18-16-19-23(20-22)21-24(2)3;1-4-5-6-7-8-9-10-11-12-16-19-22(2,3)20-21-17-14-13-15-18-21;;;/h21-24H,4-20,25H2,1-3H3;16,18-20H,4-15,17,21H2,1-3H3;13-15,17-18H,4-12,16,19-20H2,1-3H3;3*1H/q;;+1;;;/p-1. The minimum absolute atomic E-state index is 0. The second-order valence-electron chi connectivity index (χ2n) is 24.6. The molecule has 77 heavy (non-hydrogen) atoms. The monoisotopic (exact) mass is 1130 g/mol. The third-order valence-corrected chi connectivity index (χ3v) is 15.3. The minimum atomic E-state index is 0. The summed E-state index contributed by atoms with van der Waals surface area (Å²) in [7, 11) is 13.6. The molecule has 0 aromatic heterocycles. The van der Waals surface area contributed by atoms with E-state index in [4.69, 9.17) is 0 Å². The van der Waals surface area contributed by atoms with Crippen LogP contribution >= 0.6 is 0 Å². The molecule has 6 heteroatoms. The highest BCUT2D eigenvalue weighted by Gasteiger charge is 2.15. The van der Waals surface area contributed by atoms with Crippen LogP contribution < -0.4 is 47.0 Å². The number of quaternary nitrogens is 3. The first-order valence-corrected chi connectivity index (χ1v) is 32.7. The van der Waals surface area contributed by atoms with Crippen molar-refractivity contribution in [2.24, 2.45) is 0 Å². The van der Waals surface area contributed by atoms with Crippen LogP contribution in [0.15, 0.2) is 78.9 Å². The van der Waals surface area contributed by atoms with E-state index >= 15 is 0 Å². The molecule has 0 fully saturated rings. The summed E-state index contributed by atoms with van der Waals surface area (Å²) >= 11 is 0. The molecule has 0 saturated heterocycles. The van der Waals surface area contributed by atoms with Crippen LogP contribution in [0.3, 0.4) is 0 Å². The first-order chi connectivity index (χ1) is 36.1. The van der Waals surface area contributed by atoms with Crippen LogP contribution in [0, 0.1) is 0 Å². The van der Waals surface area contributed by atoms with Crippen LogP contribution in [-0.4, -0.2) is 53.3 Å². The molecule has 3 aromatic carbocycles. The molecule has 0 radical (unpaired) electrons. The number of unbranched alkanes of at least 4 members (excludes halogenated alkanes) is 35. The maximum Gasteiger partial charge on any atom is 0.104 e. The number of rotatable bonds is 47. The Morgan fingerprint density at radius 2 is 0.571 bits per heavy atom. The lowest BCUT2D eigenvalue weighted by Crippen LogP contribution is -3.04. The highest BCUT2D eigenvalue weighted by Crippen LogP contribution is 2.18. The molecule has 2 N–H and O–H groups in total. The van der Waals surface area contributed by atoms with Crippen molar-refractivity contribution in [3.05, 3.63) is 107 Å². The van der Waals surface area contributed by atoms with Crippen LogP contribution in [0.1, 0.15) is 293 Å². The summed E-state index contributed by atoms with van der Waals surface area (Å²) in [6.45, 7) is 11.6. The van der Waals surface area contributed by atoms with E-state index in [0.717, 1.165) is 24.1 Å². The molecule has 0 heterocycles. The SMILES string of the molecule is CCCCCCCCCCCCCCCCCCc1ccc(C[NH+](C)C)cc1.CCCCCCCCCCCCCCc1cccc(C[NH+](C)C)c1.CCCCCCCCCCCC[N+](C)(C)Cc1ccccc1.[Cl-].[Cl-].[Cl-]. The fourth-order valence-corrected chi connectivity index (χ4v) is 10.8. The third kappa shape index (κ3) is 54.8. The maximum absolute atomic E-state index is 2.41. The zero-order valence-corrected chi connectivity index (χ0v) is 55.0. The normalized spacial score (nSPS) is 11.1. The summed E-state index contributed by atoms with van der Waals surface area (Å²) in [6, 6.07) is 29.4. The summed E-state index contributed by atoms with van der Waals surface area (Å²) in [5.74, 6) is 0. The number of nitrogens with zero attached hydrogens (tertiary/aromatic N) is 1. The summed E-state index contributed by atoms with van der Waals surface area (Å²) in [4.78, 5) is 2.99. The summed E-state index contributed by atoms with van der Waals surface area (Å²) in [6.07, 6.45) is 57.1. The number of hydrogen-bond acceptors (Lipinski definition) is 0. The van der Waals surface area contributed by atoms with Crippen LogP contribution in [0.2, 0.25) is 0 Å². The average molecular weight is 1130 g/mol. The van der Waals surface area contributed by atoms with Gasteiger partial charge in [0.05, 0.1) is 48.8 Å². The Morgan fingerprint density at radius 3 is 0.935 bits per heavy atom. The van der Waals surface area contributed by atoms with Gasteiger partial charge in [0.2, 0.25) is 0 Å². The molecule has 3 rings (SSSR count). The Hall–Kier alpha value is -1.59. The first-order valence-electron chi connectivity index (χ1n) is 32.7. The van der Waals surface area contributed by atoms with Gasteiger partial charge in [0.15, 0.2) is 0 Å². The quantitative estimate of drug-likeness (QED) is 0.0412. The van der Waals surface area contributed by atoms with Crippen LogP contribution in [0.25, 0.3) is 0 Å². The number of halogens is 3. The molecule has 0 saturated carbocycles. The van der Waals surface area contributed by atoms with Gasteiger partial charge in [-0.3, -0.25) is 0 Å². The molecular formula is C71H130Cl3N3. The van der Waals surface area contributed by atoms with Crippen molar-refractivity contribution >= 4 is 0 Å². The van der Waals surface area contributed by atoms with Crippen molar-refractivity contribution < 1.29 is 51.5 Å².